The summed E-state index contributed by atoms with van der Waals surface area (Å²) < 4.78 is 0. The highest BCUT2D eigenvalue weighted by Crippen LogP contribution is 2.22. The van der Waals surface area contributed by atoms with Crippen molar-refractivity contribution in [3.63, 3.8) is 0 Å². The fraction of sp³-hybridized carbons (Fsp3) is 0.500. The Morgan fingerprint density at radius 3 is 2.05 bits per heavy atom. The molecule has 0 radical (unpaired) electrons. The smallest absolute Gasteiger partial charge is 0.219 e. The minimum absolute atomic E-state index is 0.0177. The predicted octanol–water partition coefficient (Wildman–Crippen LogP) is 3.04. The third-order valence-electron chi connectivity index (χ3n) is 3.28. The van der Waals surface area contributed by atoms with E-state index in [2.05, 4.69) is 20.8 Å². The molecule has 1 amide bonds. The third kappa shape index (κ3) is 4.51. The summed E-state index contributed by atoms with van der Waals surface area (Å²) >= 11 is 0. The molecule has 1 rings (SSSR count). The Morgan fingerprint density at radius 1 is 1.11 bits per heavy atom. The first-order valence-electron chi connectivity index (χ1n) is 6.57. The summed E-state index contributed by atoms with van der Waals surface area (Å²) in [5.41, 5.74) is 2.02. The van der Waals surface area contributed by atoms with Crippen molar-refractivity contribution in [2.75, 3.05) is 13.6 Å². The molecule has 3 nitrogen and oxygen atoms in total. The van der Waals surface area contributed by atoms with Crippen LogP contribution >= 0.6 is 0 Å². The summed E-state index contributed by atoms with van der Waals surface area (Å²) in [4.78, 5) is 24.6. The van der Waals surface area contributed by atoms with Crippen LogP contribution in [0.2, 0.25) is 0 Å². The number of hydrogen-bond acceptors (Lipinski definition) is 2. The maximum atomic E-state index is 12.0. The van der Waals surface area contributed by atoms with Gasteiger partial charge in [0.25, 0.3) is 0 Å². The van der Waals surface area contributed by atoms with E-state index in [1.54, 1.807) is 11.9 Å². The molecule has 104 valence electrons. The van der Waals surface area contributed by atoms with Gasteiger partial charge < -0.3 is 4.90 Å². The van der Waals surface area contributed by atoms with Crippen molar-refractivity contribution < 1.29 is 9.59 Å². The molecule has 0 spiro atoms. The van der Waals surface area contributed by atoms with E-state index >= 15 is 0 Å². The number of Topliss-reactive ketones (excluding diaryl/α,β-unsaturated/α-hetero) is 1. The van der Waals surface area contributed by atoms with Crippen LogP contribution in [-0.4, -0.2) is 30.2 Å². The minimum atomic E-state index is -0.0177. The average molecular weight is 261 g/mol. The Morgan fingerprint density at radius 2 is 1.63 bits per heavy atom. The summed E-state index contributed by atoms with van der Waals surface area (Å²) in [7, 11) is 1.71. The quantitative estimate of drug-likeness (QED) is 0.781. The fourth-order valence-electron chi connectivity index (χ4n) is 1.73. The van der Waals surface area contributed by atoms with Crippen molar-refractivity contribution in [2.24, 2.45) is 0 Å². The van der Waals surface area contributed by atoms with Gasteiger partial charge in [-0.2, -0.15) is 0 Å². The third-order valence-corrected chi connectivity index (χ3v) is 3.28. The van der Waals surface area contributed by atoms with Gasteiger partial charge in [0, 0.05) is 32.5 Å². The van der Waals surface area contributed by atoms with Crippen molar-refractivity contribution in [3.05, 3.63) is 35.4 Å². The number of carbonyl (C=O) groups is 2. The standard InChI is InChI=1S/C16H23NO2/c1-12(18)17(5)11-10-15(19)13-6-8-14(9-7-13)16(2,3)4/h6-9H,10-11H2,1-5H3. The number of nitrogens with zero attached hydrogens (tertiary/aromatic N) is 1. The van der Waals surface area contributed by atoms with Gasteiger partial charge in [0.05, 0.1) is 0 Å². The van der Waals surface area contributed by atoms with Crippen molar-refractivity contribution >= 4 is 11.7 Å². The number of benzene rings is 1. The molecule has 1 aromatic carbocycles. The Kier molecular flexibility index (Phi) is 4.87. The first kappa shape index (κ1) is 15.4. The van der Waals surface area contributed by atoms with E-state index < -0.39 is 0 Å². The number of rotatable bonds is 4. The molecule has 0 fully saturated rings. The summed E-state index contributed by atoms with van der Waals surface area (Å²) in [6.45, 7) is 8.40. The lowest BCUT2D eigenvalue weighted by Gasteiger charge is -2.19. The highest BCUT2D eigenvalue weighted by atomic mass is 16.2. The molecule has 19 heavy (non-hydrogen) atoms. The van der Waals surface area contributed by atoms with Crippen LogP contribution in [0.1, 0.15) is 50.0 Å². The second-order valence-corrected chi connectivity index (χ2v) is 5.94. The molecule has 0 atom stereocenters. The number of hydrogen-bond donors (Lipinski definition) is 0. The topological polar surface area (TPSA) is 37.4 Å². The summed E-state index contributed by atoms with van der Waals surface area (Å²) in [6, 6.07) is 7.75. The molecule has 0 aliphatic heterocycles. The Labute approximate surface area is 115 Å². The van der Waals surface area contributed by atoms with Gasteiger partial charge in [-0.1, -0.05) is 45.0 Å². The van der Waals surface area contributed by atoms with E-state index in [1.807, 2.05) is 24.3 Å². The molecule has 0 aliphatic carbocycles. The Bertz CT molecular complexity index is 455. The van der Waals surface area contributed by atoms with E-state index in [4.69, 9.17) is 0 Å². The average Bonchev–Trinajstić information content (AvgIpc) is 2.34. The van der Waals surface area contributed by atoms with Crippen molar-refractivity contribution in [1.82, 2.24) is 4.90 Å². The Balaban J connectivity index is 2.66. The van der Waals surface area contributed by atoms with Crippen LogP contribution in [0.4, 0.5) is 0 Å². The molecular weight excluding hydrogens is 238 g/mol. The van der Waals surface area contributed by atoms with Gasteiger partial charge in [-0.3, -0.25) is 9.59 Å². The van der Waals surface area contributed by atoms with Crippen molar-refractivity contribution in [1.29, 1.82) is 0 Å². The van der Waals surface area contributed by atoms with Crippen LogP contribution in [0.25, 0.3) is 0 Å². The van der Waals surface area contributed by atoms with Crippen molar-refractivity contribution in [2.45, 2.75) is 39.5 Å². The van der Waals surface area contributed by atoms with Crippen LogP contribution in [-0.2, 0) is 10.2 Å². The summed E-state index contributed by atoms with van der Waals surface area (Å²) in [5, 5.41) is 0. The van der Waals surface area contributed by atoms with Crippen LogP contribution < -0.4 is 0 Å². The van der Waals surface area contributed by atoms with Crippen molar-refractivity contribution in [3.8, 4) is 0 Å². The van der Waals surface area contributed by atoms with Crippen LogP contribution in [0.15, 0.2) is 24.3 Å². The van der Waals surface area contributed by atoms with Gasteiger partial charge in [0.15, 0.2) is 5.78 Å². The summed E-state index contributed by atoms with van der Waals surface area (Å²) in [5.74, 6) is 0.0597. The van der Waals surface area contributed by atoms with Gasteiger partial charge in [-0.05, 0) is 11.0 Å². The molecule has 0 N–H and O–H groups in total. The molecule has 0 bridgehead atoms. The zero-order valence-electron chi connectivity index (χ0n) is 12.5. The first-order valence-corrected chi connectivity index (χ1v) is 6.57. The van der Waals surface area contributed by atoms with Crippen LogP contribution in [0, 0.1) is 0 Å². The molecular formula is C16H23NO2. The molecule has 0 saturated heterocycles. The van der Waals surface area contributed by atoms with E-state index in [0.717, 1.165) is 0 Å². The lowest BCUT2D eigenvalue weighted by Crippen LogP contribution is -2.26. The SMILES string of the molecule is CC(=O)N(C)CCC(=O)c1ccc(C(C)(C)C)cc1. The number of carbonyl (C=O) groups excluding carboxylic acids is 2. The van der Waals surface area contributed by atoms with Gasteiger partial charge >= 0.3 is 0 Å². The predicted molar refractivity (Wildman–Crippen MR) is 77.4 cm³/mol. The Hall–Kier alpha value is -1.64. The second-order valence-electron chi connectivity index (χ2n) is 5.94. The fourth-order valence-corrected chi connectivity index (χ4v) is 1.73. The molecule has 3 heteroatoms. The number of ketones is 1. The lowest BCUT2D eigenvalue weighted by molar-refractivity contribution is -0.127. The first-order chi connectivity index (χ1) is 8.71. The molecule has 0 aliphatic rings. The molecule has 0 aromatic heterocycles. The second kappa shape index (κ2) is 6.00. The number of amides is 1. The van der Waals surface area contributed by atoms with Crippen LogP contribution in [0.5, 0.6) is 0 Å². The highest BCUT2D eigenvalue weighted by molar-refractivity contribution is 5.96. The molecule has 0 unspecified atom stereocenters. The van der Waals surface area contributed by atoms with E-state index in [-0.39, 0.29) is 17.1 Å². The maximum Gasteiger partial charge on any atom is 0.219 e. The van der Waals surface area contributed by atoms with Gasteiger partial charge in [-0.25, -0.2) is 0 Å². The van der Waals surface area contributed by atoms with Crippen LogP contribution in [0.3, 0.4) is 0 Å². The highest BCUT2D eigenvalue weighted by Gasteiger charge is 2.14. The van der Waals surface area contributed by atoms with E-state index in [1.165, 1.54) is 12.5 Å². The van der Waals surface area contributed by atoms with Gasteiger partial charge in [0.1, 0.15) is 0 Å². The lowest BCUT2D eigenvalue weighted by atomic mass is 9.86. The zero-order chi connectivity index (χ0) is 14.6. The summed E-state index contributed by atoms with van der Waals surface area (Å²) in [6.07, 6.45) is 0.366. The molecule has 0 saturated carbocycles. The van der Waals surface area contributed by atoms with E-state index in [9.17, 15) is 9.59 Å². The largest absolute Gasteiger partial charge is 0.346 e. The molecule has 0 heterocycles. The maximum absolute atomic E-state index is 12.0. The normalized spacial score (nSPS) is 11.2. The van der Waals surface area contributed by atoms with Gasteiger partial charge in [0.2, 0.25) is 5.91 Å². The van der Waals surface area contributed by atoms with Gasteiger partial charge in [-0.15, -0.1) is 0 Å². The zero-order valence-corrected chi connectivity index (χ0v) is 12.5. The monoisotopic (exact) mass is 261 g/mol. The van der Waals surface area contributed by atoms with E-state index in [0.29, 0.717) is 18.5 Å². The molecule has 1 aromatic rings. The minimum Gasteiger partial charge on any atom is -0.346 e.